The van der Waals surface area contributed by atoms with Crippen LogP contribution in [0.2, 0.25) is 0 Å². The molecule has 0 spiro atoms. The molecule has 1 amide bonds. The maximum absolute atomic E-state index is 14.6. The third-order valence-corrected chi connectivity index (χ3v) is 9.02. The van der Waals surface area contributed by atoms with Crippen LogP contribution >= 0.6 is 0 Å². The summed E-state index contributed by atoms with van der Waals surface area (Å²) in [6.07, 6.45) is 2.55. The van der Waals surface area contributed by atoms with Crippen molar-refractivity contribution >= 4 is 17.5 Å². The van der Waals surface area contributed by atoms with Gasteiger partial charge >= 0.3 is 0 Å². The first-order valence-corrected chi connectivity index (χ1v) is 17.6. The van der Waals surface area contributed by atoms with E-state index in [9.17, 15) is 10.3 Å². The van der Waals surface area contributed by atoms with Crippen molar-refractivity contribution in [3.05, 3.63) is 166 Å². The Labute approximate surface area is 303 Å². The van der Waals surface area contributed by atoms with Crippen LogP contribution in [0, 0.1) is 0 Å². The fourth-order valence-corrected chi connectivity index (χ4v) is 6.30. The molecule has 5 aromatic carbocycles. The number of aliphatic hydroxyl groups excluding tert-OH is 1. The summed E-state index contributed by atoms with van der Waals surface area (Å²) < 4.78 is 12.4. The second-order valence-corrected chi connectivity index (χ2v) is 12.6. The van der Waals surface area contributed by atoms with Gasteiger partial charge in [0.15, 0.2) is 11.6 Å². The number of aliphatic imine (C=N–C) groups is 1. The molecule has 52 heavy (non-hydrogen) atoms. The van der Waals surface area contributed by atoms with Gasteiger partial charge in [-0.2, -0.15) is 0 Å². The number of hydrogen-bond donors (Lipinski definition) is 3. The van der Waals surface area contributed by atoms with Gasteiger partial charge in [0.2, 0.25) is 5.90 Å². The molecule has 10 nitrogen and oxygen atoms in total. The summed E-state index contributed by atoms with van der Waals surface area (Å²) in [7, 11) is 0. The van der Waals surface area contributed by atoms with Crippen LogP contribution in [0.1, 0.15) is 47.6 Å². The fraction of sp³-hybridized carbons (Fsp3) is 0.238. The van der Waals surface area contributed by atoms with Gasteiger partial charge in [0, 0.05) is 42.2 Å². The molecule has 1 aliphatic rings. The van der Waals surface area contributed by atoms with E-state index in [0.717, 1.165) is 36.0 Å². The Kier molecular flexibility index (Phi) is 12.3. The second-order valence-electron chi connectivity index (χ2n) is 12.6. The highest BCUT2D eigenvalue weighted by Crippen LogP contribution is 2.44. The molecule has 6 rings (SSSR count). The minimum absolute atomic E-state index is 0.0476. The maximum atomic E-state index is 14.6. The number of aryl methyl sites for hydroxylation is 1. The predicted octanol–water partition coefficient (Wildman–Crippen LogP) is 8.20. The molecule has 0 aromatic heterocycles. The van der Waals surface area contributed by atoms with Gasteiger partial charge in [-0.05, 0) is 76.9 Å². The third kappa shape index (κ3) is 8.86. The van der Waals surface area contributed by atoms with Gasteiger partial charge in [-0.25, -0.2) is 10.4 Å². The van der Waals surface area contributed by atoms with Crippen LogP contribution in [0.15, 0.2) is 144 Å². The molecular formula is C42H42N6O4. The zero-order chi connectivity index (χ0) is 36.0. The van der Waals surface area contributed by atoms with E-state index in [-0.39, 0.29) is 18.9 Å². The van der Waals surface area contributed by atoms with E-state index >= 15 is 0 Å². The normalized spacial score (nSPS) is 16.3. The first kappa shape index (κ1) is 35.9. The molecule has 0 unspecified atom stereocenters. The minimum atomic E-state index is -1.49. The Hall–Kier alpha value is -5.93. The summed E-state index contributed by atoms with van der Waals surface area (Å²) in [5.74, 6) is 0.577. The Morgan fingerprint density at radius 3 is 2.23 bits per heavy atom. The van der Waals surface area contributed by atoms with Crippen LogP contribution in [-0.2, 0) is 22.4 Å². The number of nitrogens with zero attached hydrogens (tertiary/aromatic N) is 4. The van der Waals surface area contributed by atoms with Crippen LogP contribution in [0.5, 0.6) is 5.75 Å². The Balaban J connectivity index is 1.33. The van der Waals surface area contributed by atoms with Crippen molar-refractivity contribution in [2.24, 2.45) is 10.1 Å². The van der Waals surface area contributed by atoms with Crippen molar-refractivity contribution in [2.45, 2.75) is 43.7 Å². The van der Waals surface area contributed by atoms with Gasteiger partial charge in [0.05, 0.1) is 6.61 Å². The number of rotatable bonds is 17. The Morgan fingerprint density at radius 1 is 0.827 bits per heavy atom. The highest BCUT2D eigenvalue weighted by atomic mass is 16.5. The van der Waals surface area contributed by atoms with Gasteiger partial charge in [-0.15, -0.1) is 0 Å². The average molecular weight is 695 g/mol. The molecule has 0 aliphatic carbocycles. The van der Waals surface area contributed by atoms with Gasteiger partial charge in [-0.1, -0.05) is 114 Å². The Bertz CT molecular complexity index is 1980. The number of carbonyl (C=O) groups is 1. The molecule has 1 heterocycles. The van der Waals surface area contributed by atoms with Crippen LogP contribution in [0.25, 0.3) is 21.6 Å². The number of carbonyl (C=O) groups excluding carboxylic acids is 1. The fourth-order valence-electron chi connectivity index (χ4n) is 6.30. The maximum Gasteiger partial charge on any atom is 0.266 e. The zero-order valence-corrected chi connectivity index (χ0v) is 28.9. The lowest BCUT2D eigenvalue weighted by Crippen LogP contribution is -2.54. The van der Waals surface area contributed by atoms with E-state index in [4.69, 9.17) is 19.6 Å². The number of unbranched alkanes of at least 4 members (excludes halogenated alkanes) is 1. The standard InChI is InChI=1S/C42H42N6O4/c43-48-46-38-18-8-7-17-36(38)30-42(41(50)47-44-27-10-9-14-31-12-3-1-4-13-31)39(34-21-19-33(20-22-34)32-15-5-2-6-16-32)52-40(45-42)35-23-25-37(26-24-35)51-29-11-28-49/h1-8,12-13,15-26,39,44,49H,9-11,14,27-30H2,(H,47,50)/t39-,42-/m0/s1. The molecule has 0 radical (unpaired) electrons. The number of hydrogen-bond acceptors (Lipinski definition) is 7. The van der Waals surface area contributed by atoms with Gasteiger partial charge in [0.1, 0.15) is 5.75 Å². The predicted molar refractivity (Wildman–Crippen MR) is 203 cm³/mol. The highest BCUT2D eigenvalue weighted by Gasteiger charge is 2.53. The first-order chi connectivity index (χ1) is 25.6. The summed E-state index contributed by atoms with van der Waals surface area (Å²) in [6.45, 7) is 1.00. The van der Waals surface area contributed by atoms with Crippen molar-refractivity contribution in [3.8, 4) is 16.9 Å². The molecule has 0 bridgehead atoms. The number of nitrogens with one attached hydrogen (secondary N) is 2. The van der Waals surface area contributed by atoms with Crippen molar-refractivity contribution in [2.75, 3.05) is 19.8 Å². The molecule has 3 N–H and O–H groups in total. The molecule has 0 saturated heterocycles. The van der Waals surface area contributed by atoms with E-state index in [2.05, 4.69) is 45.1 Å². The van der Waals surface area contributed by atoms with E-state index in [1.807, 2.05) is 97.1 Å². The second kappa shape index (κ2) is 17.8. The van der Waals surface area contributed by atoms with Crippen LogP contribution in [0.3, 0.4) is 0 Å². The van der Waals surface area contributed by atoms with Crippen molar-refractivity contribution in [1.29, 1.82) is 0 Å². The van der Waals surface area contributed by atoms with E-state index < -0.39 is 11.6 Å². The number of amides is 1. The van der Waals surface area contributed by atoms with Crippen molar-refractivity contribution in [3.63, 3.8) is 0 Å². The number of benzene rings is 5. The molecule has 0 saturated carbocycles. The molecule has 1 aliphatic heterocycles. The van der Waals surface area contributed by atoms with Gasteiger partial charge in [0.25, 0.3) is 5.91 Å². The van der Waals surface area contributed by atoms with Crippen molar-refractivity contribution < 1.29 is 19.4 Å². The Morgan fingerprint density at radius 2 is 1.50 bits per heavy atom. The quantitative estimate of drug-likeness (QED) is 0.0296. The molecular weight excluding hydrogens is 652 g/mol. The number of aliphatic hydroxyl groups is 1. The van der Waals surface area contributed by atoms with Crippen LogP contribution in [0.4, 0.5) is 5.69 Å². The van der Waals surface area contributed by atoms with E-state index in [0.29, 0.717) is 48.0 Å². The zero-order valence-electron chi connectivity index (χ0n) is 28.9. The topological polar surface area (TPSA) is 141 Å². The molecule has 0 fully saturated rings. The lowest BCUT2D eigenvalue weighted by Gasteiger charge is -2.31. The van der Waals surface area contributed by atoms with E-state index in [1.165, 1.54) is 5.56 Å². The summed E-state index contributed by atoms with van der Waals surface area (Å²) in [4.78, 5) is 22.8. The molecule has 5 aromatic rings. The van der Waals surface area contributed by atoms with Gasteiger partial charge < -0.3 is 14.6 Å². The molecule has 264 valence electrons. The highest BCUT2D eigenvalue weighted by molar-refractivity contribution is 6.01. The number of hydrazine groups is 1. The van der Waals surface area contributed by atoms with Gasteiger partial charge in [-0.3, -0.25) is 10.2 Å². The monoisotopic (exact) mass is 694 g/mol. The average Bonchev–Trinajstić information content (AvgIpc) is 3.58. The molecule has 10 heteroatoms. The van der Waals surface area contributed by atoms with Crippen LogP contribution in [-0.4, -0.2) is 42.2 Å². The first-order valence-electron chi connectivity index (χ1n) is 17.6. The summed E-state index contributed by atoms with van der Waals surface area (Å²) >= 11 is 0. The minimum Gasteiger partial charge on any atom is -0.494 e. The summed E-state index contributed by atoms with van der Waals surface area (Å²) in [6, 6.07) is 42.9. The third-order valence-electron chi connectivity index (χ3n) is 9.02. The largest absolute Gasteiger partial charge is 0.494 e. The number of ether oxygens (including phenoxy) is 2. The molecule has 2 atom stereocenters. The lowest BCUT2D eigenvalue weighted by atomic mass is 9.81. The SMILES string of the molecule is [N-]=[N+]=Nc1ccccc1C[C@]1(C(=O)NNCCCCc2ccccc2)N=C(c2ccc(OCCCO)cc2)O[C@H]1c1ccc(-c2ccccc2)cc1. The number of azide groups is 1. The summed E-state index contributed by atoms with van der Waals surface area (Å²) in [5, 5.41) is 13.1. The summed E-state index contributed by atoms with van der Waals surface area (Å²) in [5.41, 5.74) is 19.9. The lowest BCUT2D eigenvalue weighted by molar-refractivity contribution is -0.130. The van der Waals surface area contributed by atoms with E-state index in [1.54, 1.807) is 12.1 Å². The smallest absolute Gasteiger partial charge is 0.266 e. The van der Waals surface area contributed by atoms with Crippen molar-refractivity contribution in [1.82, 2.24) is 10.9 Å². The van der Waals surface area contributed by atoms with Crippen LogP contribution < -0.4 is 15.6 Å².